The summed E-state index contributed by atoms with van der Waals surface area (Å²) in [6.07, 6.45) is 0. The van der Waals surface area contributed by atoms with E-state index in [1.165, 1.54) is 54.6 Å². The van der Waals surface area contributed by atoms with Crippen molar-refractivity contribution in [2.24, 2.45) is 0 Å². The SMILES string of the molecule is c1ccc(-c2cc(-c3ccc4c(c3)Oc3c(ccc5c3-c3ccccc3C5(c3ccccc3)c3ccccc3)O4)nc(-c3ccc4c5ccccc5c5ccccc5c4c3)c2)cc1. The third-order valence-electron chi connectivity index (χ3n) is 13.2. The van der Waals surface area contributed by atoms with Gasteiger partial charge < -0.3 is 9.47 Å². The van der Waals surface area contributed by atoms with Crippen LogP contribution in [-0.2, 0) is 5.41 Å². The molecule has 0 spiro atoms. The molecular formula is C60H37NO2. The molecule has 0 N–H and O–H groups in total. The Balaban J connectivity index is 0.965. The van der Waals surface area contributed by atoms with Crippen LogP contribution in [0.4, 0.5) is 0 Å². The monoisotopic (exact) mass is 803 g/mol. The van der Waals surface area contributed by atoms with Gasteiger partial charge in [0.05, 0.1) is 16.8 Å². The molecule has 2 heterocycles. The average Bonchev–Trinajstić information content (AvgIpc) is 3.67. The lowest BCUT2D eigenvalue weighted by molar-refractivity contribution is 0.360. The number of ether oxygens (including phenoxy) is 2. The van der Waals surface area contributed by atoms with Gasteiger partial charge in [0, 0.05) is 16.7 Å². The minimum absolute atomic E-state index is 0.546. The van der Waals surface area contributed by atoms with Gasteiger partial charge in [-0.1, -0.05) is 182 Å². The molecule has 13 rings (SSSR count). The first-order valence-electron chi connectivity index (χ1n) is 21.5. The lowest BCUT2D eigenvalue weighted by Gasteiger charge is -2.34. The Hall–Kier alpha value is -8.27. The Morgan fingerprint density at radius 1 is 0.317 bits per heavy atom. The average molecular weight is 804 g/mol. The van der Waals surface area contributed by atoms with E-state index >= 15 is 0 Å². The lowest BCUT2D eigenvalue weighted by Crippen LogP contribution is -2.28. The quantitative estimate of drug-likeness (QED) is 0.162. The Labute approximate surface area is 365 Å². The van der Waals surface area contributed by atoms with Crippen LogP contribution in [0, 0.1) is 0 Å². The Morgan fingerprint density at radius 2 is 0.841 bits per heavy atom. The first kappa shape index (κ1) is 35.5. The normalized spacial score (nSPS) is 13.1. The molecule has 10 aromatic carbocycles. The van der Waals surface area contributed by atoms with Crippen LogP contribution in [-0.4, -0.2) is 4.98 Å². The van der Waals surface area contributed by atoms with E-state index in [9.17, 15) is 0 Å². The Morgan fingerprint density at radius 3 is 1.51 bits per heavy atom. The summed E-state index contributed by atoms with van der Waals surface area (Å²) in [6, 6.07) is 80.1. The summed E-state index contributed by atoms with van der Waals surface area (Å²) >= 11 is 0. The van der Waals surface area contributed by atoms with Gasteiger partial charge in [0.15, 0.2) is 23.0 Å². The molecule has 1 aliphatic carbocycles. The summed E-state index contributed by atoms with van der Waals surface area (Å²) in [5.74, 6) is 2.74. The fourth-order valence-corrected chi connectivity index (χ4v) is 10.4. The van der Waals surface area contributed by atoms with Gasteiger partial charge in [0.1, 0.15) is 0 Å². The standard InChI is InChI=1S/C60H37NO2/c1-4-16-38(17-5-1)41-35-53(39-28-30-48-46-24-11-10-22-44(46)45-23-12-13-25-47(45)50(48)34-39)61-54(36-41)40-29-32-55-57(37-40)63-59-56(62-55)33-31-52-58(59)49-26-14-15-27-51(49)60(52,42-18-6-2-7-19-42)43-20-8-3-9-21-43/h1-37H. The highest BCUT2D eigenvalue weighted by molar-refractivity contribution is 6.25. The van der Waals surface area contributed by atoms with Crippen molar-refractivity contribution in [1.82, 2.24) is 4.98 Å². The predicted octanol–water partition coefficient (Wildman–Crippen LogP) is 15.8. The summed E-state index contributed by atoms with van der Waals surface area (Å²) in [4.78, 5) is 5.42. The van der Waals surface area contributed by atoms with E-state index in [1.807, 2.05) is 6.07 Å². The van der Waals surface area contributed by atoms with Crippen molar-refractivity contribution in [3.63, 3.8) is 0 Å². The van der Waals surface area contributed by atoms with Crippen LogP contribution in [0.25, 0.3) is 77.1 Å². The van der Waals surface area contributed by atoms with Crippen LogP contribution in [0.2, 0.25) is 0 Å². The predicted molar refractivity (Wildman–Crippen MR) is 257 cm³/mol. The van der Waals surface area contributed by atoms with E-state index in [1.54, 1.807) is 0 Å². The smallest absolute Gasteiger partial charge is 0.178 e. The molecule has 1 aliphatic heterocycles. The molecule has 0 saturated heterocycles. The minimum atomic E-state index is -0.546. The van der Waals surface area contributed by atoms with Gasteiger partial charge in [-0.05, 0) is 114 Å². The molecule has 0 unspecified atom stereocenters. The maximum Gasteiger partial charge on any atom is 0.178 e. The first-order chi connectivity index (χ1) is 31.2. The summed E-state index contributed by atoms with van der Waals surface area (Å²) < 4.78 is 13.8. The molecular weight excluding hydrogens is 767 g/mol. The summed E-state index contributed by atoms with van der Waals surface area (Å²) in [7, 11) is 0. The van der Waals surface area contributed by atoms with Gasteiger partial charge in [-0.2, -0.15) is 0 Å². The Kier molecular flexibility index (Phi) is 7.82. The van der Waals surface area contributed by atoms with Crippen LogP contribution in [0.5, 0.6) is 23.0 Å². The maximum atomic E-state index is 7.11. The second-order valence-electron chi connectivity index (χ2n) is 16.6. The van der Waals surface area contributed by atoms with Crippen molar-refractivity contribution in [1.29, 1.82) is 0 Å². The fourth-order valence-electron chi connectivity index (χ4n) is 10.4. The summed E-state index contributed by atoms with van der Waals surface area (Å²) in [5, 5.41) is 7.45. The highest BCUT2D eigenvalue weighted by Gasteiger charge is 2.48. The topological polar surface area (TPSA) is 31.4 Å². The van der Waals surface area contributed by atoms with Gasteiger partial charge in [-0.25, -0.2) is 4.98 Å². The molecule has 0 fully saturated rings. The molecule has 0 bridgehead atoms. The van der Waals surface area contributed by atoms with Crippen LogP contribution in [0.1, 0.15) is 22.3 Å². The van der Waals surface area contributed by atoms with E-state index in [2.05, 4.69) is 218 Å². The molecule has 0 radical (unpaired) electrons. The van der Waals surface area contributed by atoms with E-state index in [0.717, 1.165) is 50.5 Å². The van der Waals surface area contributed by atoms with Gasteiger partial charge in [-0.3, -0.25) is 0 Å². The molecule has 0 saturated carbocycles. The zero-order valence-electron chi connectivity index (χ0n) is 34.1. The molecule has 0 atom stereocenters. The molecule has 3 nitrogen and oxygen atoms in total. The number of nitrogens with zero attached hydrogens (tertiary/aromatic N) is 1. The number of hydrogen-bond donors (Lipinski definition) is 0. The number of aromatic nitrogens is 1. The van der Waals surface area contributed by atoms with Crippen molar-refractivity contribution >= 4 is 32.3 Å². The van der Waals surface area contributed by atoms with E-state index in [0.29, 0.717) is 17.2 Å². The summed E-state index contributed by atoms with van der Waals surface area (Å²) in [6.45, 7) is 0. The highest BCUT2D eigenvalue weighted by Crippen LogP contribution is 2.62. The first-order valence-corrected chi connectivity index (χ1v) is 21.5. The number of rotatable bonds is 5. The fraction of sp³-hybridized carbons (Fsp3) is 0.0167. The van der Waals surface area contributed by atoms with Crippen molar-refractivity contribution in [3.8, 4) is 67.8 Å². The molecule has 1 aromatic heterocycles. The highest BCUT2D eigenvalue weighted by atomic mass is 16.6. The zero-order chi connectivity index (χ0) is 41.5. The van der Waals surface area contributed by atoms with Gasteiger partial charge in [-0.15, -0.1) is 0 Å². The van der Waals surface area contributed by atoms with Crippen molar-refractivity contribution in [3.05, 3.63) is 247 Å². The van der Waals surface area contributed by atoms with Gasteiger partial charge in [0.25, 0.3) is 0 Å². The van der Waals surface area contributed by atoms with Crippen molar-refractivity contribution in [2.45, 2.75) is 5.41 Å². The number of hydrogen-bond acceptors (Lipinski definition) is 3. The minimum Gasteiger partial charge on any atom is -0.449 e. The lowest BCUT2D eigenvalue weighted by atomic mass is 9.68. The summed E-state index contributed by atoms with van der Waals surface area (Å²) in [5.41, 5.74) is 12.4. The molecule has 2 aliphatic rings. The maximum absolute atomic E-state index is 7.11. The van der Waals surface area contributed by atoms with E-state index < -0.39 is 5.41 Å². The second-order valence-corrected chi connectivity index (χ2v) is 16.6. The number of fused-ring (bicyclic) bond motifs is 12. The molecule has 63 heavy (non-hydrogen) atoms. The van der Waals surface area contributed by atoms with Crippen molar-refractivity contribution < 1.29 is 9.47 Å². The molecule has 11 aromatic rings. The zero-order valence-corrected chi connectivity index (χ0v) is 34.1. The third-order valence-corrected chi connectivity index (χ3v) is 13.2. The van der Waals surface area contributed by atoms with Crippen LogP contribution in [0.15, 0.2) is 224 Å². The second kappa shape index (κ2) is 13.9. The largest absolute Gasteiger partial charge is 0.449 e. The van der Waals surface area contributed by atoms with Crippen molar-refractivity contribution in [2.75, 3.05) is 0 Å². The molecule has 0 amide bonds. The van der Waals surface area contributed by atoms with Crippen LogP contribution < -0.4 is 9.47 Å². The van der Waals surface area contributed by atoms with Gasteiger partial charge in [0.2, 0.25) is 0 Å². The van der Waals surface area contributed by atoms with Gasteiger partial charge >= 0.3 is 0 Å². The number of pyridine rings is 1. The van der Waals surface area contributed by atoms with E-state index in [4.69, 9.17) is 14.5 Å². The van der Waals surface area contributed by atoms with Crippen LogP contribution >= 0.6 is 0 Å². The molecule has 3 heteroatoms. The third kappa shape index (κ3) is 5.36. The molecule has 294 valence electrons. The number of benzene rings is 10. The Bertz CT molecular complexity index is 3540. The van der Waals surface area contributed by atoms with Crippen LogP contribution in [0.3, 0.4) is 0 Å². The van der Waals surface area contributed by atoms with E-state index in [-0.39, 0.29) is 0 Å².